The first-order valence-electron chi connectivity index (χ1n) is 8.53. The summed E-state index contributed by atoms with van der Waals surface area (Å²) in [6.07, 6.45) is 3.55. The number of halogens is 1. The summed E-state index contributed by atoms with van der Waals surface area (Å²) in [5.41, 5.74) is 4.72. The Kier molecular flexibility index (Phi) is 4.13. The molecule has 3 aromatic carbocycles. The van der Waals surface area contributed by atoms with E-state index in [1.807, 2.05) is 61.5 Å². The molecule has 2 nitrogen and oxygen atoms in total. The van der Waals surface area contributed by atoms with Gasteiger partial charge in [0.25, 0.3) is 0 Å². The van der Waals surface area contributed by atoms with Crippen LogP contribution in [0.3, 0.4) is 0 Å². The molecule has 4 rings (SSSR count). The normalized spacial score (nSPS) is 12.0. The average Bonchev–Trinajstić information content (AvgIpc) is 3.03. The smallest absolute Gasteiger partial charge is 0.141 e. The van der Waals surface area contributed by atoms with Crippen LogP contribution >= 0.6 is 0 Å². The Balaban J connectivity index is 1.79. The van der Waals surface area contributed by atoms with Gasteiger partial charge in [-0.05, 0) is 42.7 Å². The number of rotatable bonds is 4. The zero-order valence-corrected chi connectivity index (χ0v) is 14.4. The first-order chi connectivity index (χ1) is 12.7. The van der Waals surface area contributed by atoms with Crippen molar-refractivity contribution in [2.24, 2.45) is 0 Å². The fourth-order valence-corrected chi connectivity index (χ4v) is 3.23. The van der Waals surface area contributed by atoms with Crippen LogP contribution < -0.4 is 0 Å². The molecule has 3 heteroatoms. The van der Waals surface area contributed by atoms with Crippen molar-refractivity contribution >= 4 is 33.7 Å². The van der Waals surface area contributed by atoms with E-state index in [4.69, 9.17) is 9.83 Å². The number of nitrogens with one attached hydrogen (secondary N) is 1. The lowest BCUT2D eigenvalue weighted by molar-refractivity contribution is 0.603. The molecule has 0 fully saturated rings. The average molecular weight is 343 g/mol. The van der Waals surface area contributed by atoms with Gasteiger partial charge in [0.15, 0.2) is 0 Å². The third kappa shape index (κ3) is 2.82. The molecule has 1 heterocycles. The van der Waals surface area contributed by atoms with Gasteiger partial charge < -0.3 is 9.83 Å². The van der Waals surface area contributed by atoms with Crippen molar-refractivity contribution in [1.29, 1.82) is 5.41 Å². The van der Waals surface area contributed by atoms with Crippen LogP contribution in [0.4, 0.5) is 4.39 Å². The lowest BCUT2D eigenvalue weighted by Gasteiger charge is -2.05. The molecule has 0 saturated carbocycles. The van der Waals surface area contributed by atoms with Gasteiger partial charge in [-0.15, -0.1) is 0 Å². The van der Waals surface area contributed by atoms with Gasteiger partial charge in [0, 0.05) is 22.6 Å². The van der Waals surface area contributed by atoms with E-state index in [1.54, 1.807) is 6.07 Å². The van der Waals surface area contributed by atoms with E-state index in [0.29, 0.717) is 17.6 Å². The van der Waals surface area contributed by atoms with Gasteiger partial charge in [-0.3, -0.25) is 0 Å². The Morgan fingerprint density at radius 1 is 1.00 bits per heavy atom. The van der Waals surface area contributed by atoms with Gasteiger partial charge in [-0.25, -0.2) is 4.39 Å². The molecule has 0 bridgehead atoms. The van der Waals surface area contributed by atoms with Gasteiger partial charge in [0.1, 0.15) is 17.0 Å². The summed E-state index contributed by atoms with van der Waals surface area (Å²) in [6.45, 7) is 2.02. The number of hydrogen-bond acceptors (Lipinski definition) is 2. The summed E-state index contributed by atoms with van der Waals surface area (Å²) >= 11 is 0. The largest absolute Gasteiger partial charge is 0.456 e. The second-order valence-corrected chi connectivity index (χ2v) is 6.37. The zero-order chi connectivity index (χ0) is 18.1. The van der Waals surface area contributed by atoms with Crippen molar-refractivity contribution in [3.8, 4) is 0 Å². The zero-order valence-electron chi connectivity index (χ0n) is 14.4. The molecule has 0 spiro atoms. The number of hydrogen-bond donors (Lipinski definition) is 1. The molecular formula is C23H18FNO. The monoisotopic (exact) mass is 343 g/mol. The van der Waals surface area contributed by atoms with Crippen LogP contribution in [0.15, 0.2) is 71.2 Å². The van der Waals surface area contributed by atoms with E-state index >= 15 is 0 Å². The molecule has 0 amide bonds. The molecule has 1 aromatic heterocycles. The number of aryl methyl sites for hydroxylation is 1. The van der Waals surface area contributed by atoms with Crippen LogP contribution in [0, 0.1) is 18.2 Å². The van der Waals surface area contributed by atoms with Crippen molar-refractivity contribution in [3.63, 3.8) is 0 Å². The van der Waals surface area contributed by atoms with E-state index in [9.17, 15) is 4.39 Å². The van der Waals surface area contributed by atoms with Gasteiger partial charge in [0.2, 0.25) is 0 Å². The van der Waals surface area contributed by atoms with Crippen LogP contribution in [-0.2, 0) is 6.42 Å². The highest BCUT2D eigenvalue weighted by molar-refractivity contribution is 6.09. The second-order valence-electron chi connectivity index (χ2n) is 6.37. The number of para-hydroxylation sites is 1. The van der Waals surface area contributed by atoms with E-state index in [2.05, 4.69) is 0 Å². The van der Waals surface area contributed by atoms with Crippen LogP contribution in [0.2, 0.25) is 0 Å². The number of allylic oxidation sites excluding steroid dienone is 2. The maximum absolute atomic E-state index is 14.5. The quantitative estimate of drug-likeness (QED) is 0.433. The highest BCUT2D eigenvalue weighted by atomic mass is 19.1. The van der Waals surface area contributed by atoms with Crippen LogP contribution in [-0.4, -0.2) is 6.21 Å². The number of fused-ring (bicyclic) bond motifs is 3. The van der Waals surface area contributed by atoms with E-state index in [0.717, 1.165) is 33.1 Å². The van der Waals surface area contributed by atoms with Crippen LogP contribution in [0.25, 0.3) is 27.5 Å². The highest BCUT2D eigenvalue weighted by Crippen LogP contribution is 2.32. The maximum atomic E-state index is 14.5. The molecule has 1 N–H and O–H groups in total. The molecule has 0 atom stereocenters. The maximum Gasteiger partial charge on any atom is 0.141 e. The first kappa shape index (κ1) is 16.3. The predicted octanol–water partition coefficient (Wildman–Crippen LogP) is 6.31. The van der Waals surface area contributed by atoms with Crippen molar-refractivity contribution in [1.82, 2.24) is 0 Å². The van der Waals surface area contributed by atoms with Crippen molar-refractivity contribution in [2.45, 2.75) is 13.3 Å². The van der Waals surface area contributed by atoms with Gasteiger partial charge in [-0.2, -0.15) is 0 Å². The highest BCUT2D eigenvalue weighted by Gasteiger charge is 2.14. The van der Waals surface area contributed by atoms with Gasteiger partial charge >= 0.3 is 0 Å². The summed E-state index contributed by atoms with van der Waals surface area (Å²) in [5.74, 6) is -0.291. The van der Waals surface area contributed by atoms with Crippen molar-refractivity contribution in [3.05, 3.63) is 89.2 Å². The molecule has 0 radical (unpaired) electrons. The molecule has 0 aliphatic carbocycles. The van der Waals surface area contributed by atoms with Crippen molar-refractivity contribution in [2.75, 3.05) is 0 Å². The molecule has 0 aliphatic rings. The molecule has 0 aliphatic heterocycles. The summed E-state index contributed by atoms with van der Waals surface area (Å²) in [4.78, 5) is 0. The van der Waals surface area contributed by atoms with Gasteiger partial charge in [0.05, 0.1) is 0 Å². The SMILES string of the molecule is Cc1ccc(/C(C=N)=C/Cc2c(F)ccc3c2oc2ccccc23)cc1. The summed E-state index contributed by atoms with van der Waals surface area (Å²) in [7, 11) is 0. The molecule has 26 heavy (non-hydrogen) atoms. The van der Waals surface area contributed by atoms with E-state index in [-0.39, 0.29) is 5.82 Å². The van der Waals surface area contributed by atoms with Crippen LogP contribution in [0.5, 0.6) is 0 Å². The van der Waals surface area contributed by atoms with Crippen molar-refractivity contribution < 1.29 is 8.81 Å². The number of furan rings is 1. The summed E-state index contributed by atoms with van der Waals surface area (Å²) < 4.78 is 20.4. The summed E-state index contributed by atoms with van der Waals surface area (Å²) in [5, 5.41) is 9.61. The minimum atomic E-state index is -0.291. The molecule has 0 saturated heterocycles. The Hall–Kier alpha value is -3.20. The second kappa shape index (κ2) is 6.60. The minimum Gasteiger partial charge on any atom is -0.456 e. The Morgan fingerprint density at radius 2 is 1.77 bits per heavy atom. The van der Waals surface area contributed by atoms with E-state index < -0.39 is 0 Å². The molecular weight excluding hydrogens is 325 g/mol. The third-order valence-electron chi connectivity index (χ3n) is 4.66. The fourth-order valence-electron chi connectivity index (χ4n) is 3.23. The summed E-state index contributed by atoms with van der Waals surface area (Å²) in [6, 6.07) is 19.0. The van der Waals surface area contributed by atoms with Gasteiger partial charge in [-0.1, -0.05) is 54.1 Å². The Morgan fingerprint density at radius 3 is 2.54 bits per heavy atom. The molecule has 4 aromatic rings. The standard InChI is InChI=1S/C23H18FNO/c1-15-6-8-16(9-7-15)17(14-25)10-11-20-21(24)13-12-19-18-4-2-3-5-22(18)26-23(19)20/h2-10,12-14,25H,11H2,1H3/b17-10+,25-14?. The third-order valence-corrected chi connectivity index (χ3v) is 4.66. The lowest BCUT2D eigenvalue weighted by atomic mass is 10.0. The number of benzene rings is 3. The molecule has 0 unspecified atom stereocenters. The van der Waals surface area contributed by atoms with E-state index in [1.165, 1.54) is 12.3 Å². The van der Waals surface area contributed by atoms with Crippen LogP contribution in [0.1, 0.15) is 16.7 Å². The first-order valence-corrected chi connectivity index (χ1v) is 8.53. The molecule has 128 valence electrons. The topological polar surface area (TPSA) is 37.0 Å². The Labute approximate surface area is 151 Å². The predicted molar refractivity (Wildman–Crippen MR) is 105 cm³/mol. The lowest BCUT2D eigenvalue weighted by Crippen LogP contribution is -1.92. The minimum absolute atomic E-state index is 0.291. The fraction of sp³-hybridized carbons (Fsp3) is 0.0870. The Bertz CT molecular complexity index is 1140.